The van der Waals surface area contributed by atoms with Crippen molar-refractivity contribution >= 4 is 5.91 Å². The van der Waals surface area contributed by atoms with Crippen LogP contribution in [0.5, 0.6) is 0 Å². The number of hydrogen-bond acceptors (Lipinski definition) is 3. The van der Waals surface area contributed by atoms with E-state index in [0.717, 1.165) is 25.7 Å². The fraction of sp³-hybridized carbons (Fsp3) is 0.917. The van der Waals surface area contributed by atoms with Gasteiger partial charge >= 0.3 is 0 Å². The molecular weight excluding hydrogens is 204 g/mol. The average Bonchev–Trinajstić information content (AvgIpc) is 2.31. The Kier molecular flexibility index (Phi) is 4.74. The molecule has 1 saturated carbocycles. The van der Waals surface area contributed by atoms with Gasteiger partial charge in [-0.1, -0.05) is 26.7 Å². The third kappa shape index (κ3) is 2.95. The van der Waals surface area contributed by atoms with Gasteiger partial charge in [-0.25, -0.2) is 0 Å². The first-order valence-corrected chi connectivity index (χ1v) is 6.31. The van der Waals surface area contributed by atoms with Crippen LogP contribution in [0.4, 0.5) is 0 Å². The second-order valence-electron chi connectivity index (χ2n) is 4.80. The Bertz CT molecular complexity index is 239. The highest BCUT2D eigenvalue weighted by Crippen LogP contribution is 2.20. The minimum atomic E-state index is -0.781. The van der Waals surface area contributed by atoms with Gasteiger partial charge < -0.3 is 16.2 Å². The van der Waals surface area contributed by atoms with Gasteiger partial charge in [0, 0.05) is 0 Å². The molecule has 94 valence electrons. The summed E-state index contributed by atoms with van der Waals surface area (Å²) in [6.07, 6.45) is 4.59. The molecule has 4 N–H and O–H groups in total. The monoisotopic (exact) mass is 228 g/mol. The highest BCUT2D eigenvalue weighted by molar-refractivity contribution is 5.86. The molecule has 0 spiro atoms. The highest BCUT2D eigenvalue weighted by Gasteiger charge is 2.33. The molecule has 0 aromatic carbocycles. The van der Waals surface area contributed by atoms with Crippen LogP contribution < -0.4 is 11.1 Å². The number of nitrogens with two attached hydrogens (primary N) is 1. The Morgan fingerprint density at radius 3 is 2.44 bits per heavy atom. The summed E-state index contributed by atoms with van der Waals surface area (Å²) in [7, 11) is 0. The first kappa shape index (κ1) is 13.5. The van der Waals surface area contributed by atoms with Crippen molar-refractivity contribution in [2.45, 2.75) is 70.1 Å². The second-order valence-corrected chi connectivity index (χ2v) is 4.80. The Morgan fingerprint density at radius 2 is 1.94 bits per heavy atom. The molecular formula is C12H24N2O2. The number of rotatable bonds is 4. The fourth-order valence-corrected chi connectivity index (χ4v) is 2.16. The molecule has 0 radical (unpaired) electrons. The lowest BCUT2D eigenvalue weighted by Crippen LogP contribution is -2.57. The fourth-order valence-electron chi connectivity index (χ4n) is 2.16. The molecule has 2 atom stereocenters. The Morgan fingerprint density at radius 1 is 1.38 bits per heavy atom. The van der Waals surface area contributed by atoms with Crippen LogP contribution in [0.2, 0.25) is 0 Å². The van der Waals surface area contributed by atoms with Crippen LogP contribution in [-0.4, -0.2) is 28.7 Å². The van der Waals surface area contributed by atoms with Crippen molar-refractivity contribution in [3.63, 3.8) is 0 Å². The van der Waals surface area contributed by atoms with E-state index >= 15 is 0 Å². The summed E-state index contributed by atoms with van der Waals surface area (Å²) in [6, 6.07) is -0.109. The number of aliphatic hydroxyl groups excluding tert-OH is 1. The molecule has 0 heterocycles. The quantitative estimate of drug-likeness (QED) is 0.670. The van der Waals surface area contributed by atoms with E-state index in [1.807, 2.05) is 13.8 Å². The molecule has 1 fully saturated rings. The number of carbonyl (C=O) groups excluding carboxylic acids is 1. The highest BCUT2D eigenvalue weighted by atomic mass is 16.3. The van der Waals surface area contributed by atoms with Gasteiger partial charge in [0.1, 0.15) is 0 Å². The lowest BCUT2D eigenvalue weighted by Gasteiger charge is -2.33. The van der Waals surface area contributed by atoms with E-state index in [4.69, 9.17) is 5.73 Å². The zero-order valence-corrected chi connectivity index (χ0v) is 10.3. The smallest absolute Gasteiger partial charge is 0.240 e. The molecule has 4 nitrogen and oxygen atoms in total. The molecule has 1 rings (SSSR count). The van der Waals surface area contributed by atoms with Crippen LogP contribution in [0.1, 0.15) is 52.4 Å². The Hall–Kier alpha value is -0.610. The van der Waals surface area contributed by atoms with Gasteiger partial charge in [0.05, 0.1) is 17.7 Å². The van der Waals surface area contributed by atoms with Crippen molar-refractivity contribution in [2.24, 2.45) is 5.73 Å². The maximum Gasteiger partial charge on any atom is 0.240 e. The van der Waals surface area contributed by atoms with E-state index < -0.39 is 11.6 Å². The number of amides is 1. The van der Waals surface area contributed by atoms with Gasteiger partial charge in [-0.3, -0.25) is 4.79 Å². The predicted molar refractivity (Wildman–Crippen MR) is 63.9 cm³/mol. The van der Waals surface area contributed by atoms with Gasteiger partial charge in [-0.15, -0.1) is 0 Å². The molecule has 0 saturated heterocycles. The minimum absolute atomic E-state index is 0.109. The van der Waals surface area contributed by atoms with Crippen LogP contribution in [0, 0.1) is 0 Å². The topological polar surface area (TPSA) is 75.4 Å². The van der Waals surface area contributed by atoms with Crippen molar-refractivity contribution in [1.29, 1.82) is 0 Å². The molecule has 1 aliphatic carbocycles. The first-order chi connectivity index (χ1) is 7.53. The summed E-state index contributed by atoms with van der Waals surface area (Å²) in [5.74, 6) is -0.122. The summed E-state index contributed by atoms with van der Waals surface area (Å²) >= 11 is 0. The summed E-state index contributed by atoms with van der Waals surface area (Å²) < 4.78 is 0. The van der Waals surface area contributed by atoms with E-state index in [-0.39, 0.29) is 11.9 Å². The van der Waals surface area contributed by atoms with Crippen LogP contribution in [0.3, 0.4) is 0 Å². The lowest BCUT2D eigenvalue weighted by atomic mass is 9.89. The summed E-state index contributed by atoms with van der Waals surface area (Å²) in [5, 5.41) is 12.7. The molecule has 16 heavy (non-hydrogen) atoms. The third-order valence-electron chi connectivity index (χ3n) is 3.76. The maximum atomic E-state index is 12.0. The van der Waals surface area contributed by atoms with Gasteiger partial charge in [0.15, 0.2) is 0 Å². The molecule has 1 amide bonds. The van der Waals surface area contributed by atoms with Crippen LogP contribution in [0.25, 0.3) is 0 Å². The van der Waals surface area contributed by atoms with Crippen molar-refractivity contribution in [3.05, 3.63) is 0 Å². The molecule has 4 heteroatoms. The maximum absolute atomic E-state index is 12.0. The van der Waals surface area contributed by atoms with E-state index in [2.05, 4.69) is 5.32 Å². The average molecular weight is 228 g/mol. The van der Waals surface area contributed by atoms with Crippen LogP contribution in [0.15, 0.2) is 0 Å². The predicted octanol–water partition coefficient (Wildman–Crippen LogP) is 0.924. The molecule has 1 aliphatic rings. The van der Waals surface area contributed by atoms with E-state index in [9.17, 15) is 9.90 Å². The largest absolute Gasteiger partial charge is 0.391 e. The second kappa shape index (κ2) is 5.64. The van der Waals surface area contributed by atoms with Crippen molar-refractivity contribution in [3.8, 4) is 0 Å². The van der Waals surface area contributed by atoms with E-state index in [1.165, 1.54) is 0 Å². The Labute approximate surface area is 97.6 Å². The molecule has 0 aromatic heterocycles. The standard InChI is InChI=1S/C12H24N2O2/c1-3-12(13,4-2)11(16)14-9-7-5-6-8-10(9)15/h9-10,15H,3-8,13H2,1-2H3,(H,14,16). The van der Waals surface area contributed by atoms with E-state index in [1.54, 1.807) is 0 Å². The van der Waals surface area contributed by atoms with Gasteiger partial charge in [-0.2, -0.15) is 0 Å². The minimum Gasteiger partial charge on any atom is -0.391 e. The van der Waals surface area contributed by atoms with Crippen LogP contribution >= 0.6 is 0 Å². The van der Waals surface area contributed by atoms with E-state index in [0.29, 0.717) is 12.8 Å². The zero-order valence-electron chi connectivity index (χ0n) is 10.3. The van der Waals surface area contributed by atoms with Crippen molar-refractivity contribution < 1.29 is 9.90 Å². The number of carbonyl (C=O) groups is 1. The summed E-state index contributed by atoms with van der Waals surface area (Å²) in [6.45, 7) is 3.83. The summed E-state index contributed by atoms with van der Waals surface area (Å²) in [4.78, 5) is 12.0. The third-order valence-corrected chi connectivity index (χ3v) is 3.76. The molecule has 2 unspecified atom stereocenters. The number of nitrogens with one attached hydrogen (secondary N) is 1. The molecule has 0 bridgehead atoms. The SMILES string of the molecule is CCC(N)(CC)C(=O)NC1CCCCC1O. The van der Waals surface area contributed by atoms with Gasteiger partial charge in [-0.05, 0) is 25.7 Å². The first-order valence-electron chi connectivity index (χ1n) is 6.31. The number of aliphatic hydroxyl groups is 1. The normalized spacial score (nSPS) is 26.5. The van der Waals surface area contributed by atoms with Crippen molar-refractivity contribution in [2.75, 3.05) is 0 Å². The van der Waals surface area contributed by atoms with Gasteiger partial charge in [0.25, 0.3) is 0 Å². The summed E-state index contributed by atoms with van der Waals surface area (Å²) in [5.41, 5.74) is 5.23. The van der Waals surface area contributed by atoms with Gasteiger partial charge in [0.2, 0.25) is 5.91 Å². The number of hydrogen-bond donors (Lipinski definition) is 3. The Balaban J connectivity index is 2.55. The zero-order chi connectivity index (χ0) is 12.2. The lowest BCUT2D eigenvalue weighted by molar-refractivity contribution is -0.128. The molecule has 0 aromatic rings. The van der Waals surface area contributed by atoms with Crippen molar-refractivity contribution in [1.82, 2.24) is 5.32 Å². The molecule has 0 aliphatic heterocycles. The van der Waals surface area contributed by atoms with Crippen LogP contribution in [-0.2, 0) is 4.79 Å².